The molecule has 3 nitrogen and oxygen atoms in total. The first-order valence-electron chi connectivity index (χ1n) is 6.52. The predicted octanol–water partition coefficient (Wildman–Crippen LogP) is 3.22. The largest absolute Gasteiger partial charge is 0.486 e. The number of nitrogens with zero attached hydrogens (tertiary/aromatic N) is 1. The average Bonchev–Trinajstić information content (AvgIpc) is 2.99. The second-order valence-corrected chi connectivity index (χ2v) is 5.51. The number of pyridine rings is 1. The molecule has 0 bridgehead atoms. The summed E-state index contributed by atoms with van der Waals surface area (Å²) in [6, 6.07) is 13.8. The van der Waals surface area contributed by atoms with Crippen LogP contribution in [-0.4, -0.2) is 16.7 Å². The van der Waals surface area contributed by atoms with Crippen LogP contribution >= 0.6 is 11.3 Å². The van der Waals surface area contributed by atoms with Gasteiger partial charge in [0.25, 0.3) is 0 Å². The summed E-state index contributed by atoms with van der Waals surface area (Å²) in [7, 11) is 0. The van der Waals surface area contributed by atoms with Gasteiger partial charge in [-0.3, -0.25) is 4.98 Å². The molecule has 21 heavy (non-hydrogen) atoms. The van der Waals surface area contributed by atoms with Gasteiger partial charge in [-0.2, -0.15) is 0 Å². The van der Waals surface area contributed by atoms with Crippen LogP contribution in [0.15, 0.2) is 48.7 Å². The van der Waals surface area contributed by atoms with E-state index in [-0.39, 0.29) is 6.61 Å². The molecule has 0 saturated heterocycles. The SMILES string of the molecule is OCC#Cc1ccc(COc2cccc3cccnc23)s1. The van der Waals surface area contributed by atoms with Gasteiger partial charge in [-0.05, 0) is 24.3 Å². The number of ether oxygens (including phenoxy) is 1. The van der Waals surface area contributed by atoms with E-state index in [1.165, 1.54) is 0 Å². The van der Waals surface area contributed by atoms with Crippen molar-refractivity contribution in [2.24, 2.45) is 0 Å². The molecule has 2 aromatic heterocycles. The number of rotatable bonds is 3. The Balaban J connectivity index is 1.76. The summed E-state index contributed by atoms with van der Waals surface area (Å²) in [5, 5.41) is 9.75. The standard InChI is InChI=1S/C17H13NO2S/c19-11-3-6-14-8-9-15(21-14)12-20-16-7-1-4-13-5-2-10-18-17(13)16/h1-2,4-5,7-10,19H,11-12H2. The quantitative estimate of drug-likeness (QED) is 0.754. The summed E-state index contributed by atoms with van der Waals surface area (Å²) in [6.45, 7) is 0.368. The molecule has 3 rings (SSSR count). The number of aromatic nitrogens is 1. The number of hydrogen-bond acceptors (Lipinski definition) is 4. The summed E-state index contributed by atoms with van der Waals surface area (Å²) < 4.78 is 5.87. The van der Waals surface area contributed by atoms with Crippen LogP contribution in [-0.2, 0) is 6.61 Å². The Morgan fingerprint density at radius 2 is 2.05 bits per heavy atom. The summed E-state index contributed by atoms with van der Waals surface area (Å²) in [5.41, 5.74) is 0.872. The Kier molecular flexibility index (Phi) is 4.15. The zero-order valence-corrected chi connectivity index (χ0v) is 12.1. The summed E-state index contributed by atoms with van der Waals surface area (Å²) >= 11 is 1.57. The minimum atomic E-state index is -0.120. The van der Waals surface area contributed by atoms with E-state index in [2.05, 4.69) is 16.8 Å². The monoisotopic (exact) mass is 295 g/mol. The number of aliphatic hydroxyl groups excluding tert-OH is 1. The van der Waals surface area contributed by atoms with Gasteiger partial charge >= 0.3 is 0 Å². The maximum absolute atomic E-state index is 8.69. The van der Waals surface area contributed by atoms with E-state index in [4.69, 9.17) is 9.84 Å². The first-order valence-corrected chi connectivity index (χ1v) is 7.33. The number of fused-ring (bicyclic) bond motifs is 1. The molecule has 3 aromatic rings. The van der Waals surface area contributed by atoms with Crippen LogP contribution in [0.3, 0.4) is 0 Å². The molecule has 1 N–H and O–H groups in total. The van der Waals surface area contributed by atoms with Crippen molar-refractivity contribution in [1.29, 1.82) is 0 Å². The maximum Gasteiger partial charge on any atom is 0.146 e. The minimum Gasteiger partial charge on any atom is -0.486 e. The van der Waals surface area contributed by atoms with Crippen LogP contribution in [0.1, 0.15) is 9.75 Å². The van der Waals surface area contributed by atoms with Gasteiger partial charge < -0.3 is 9.84 Å². The van der Waals surface area contributed by atoms with E-state index in [9.17, 15) is 0 Å². The van der Waals surface area contributed by atoms with Gasteiger partial charge in [-0.15, -0.1) is 11.3 Å². The molecule has 0 amide bonds. The highest BCUT2D eigenvalue weighted by Gasteiger charge is 2.04. The molecule has 4 heteroatoms. The molecule has 0 aliphatic carbocycles. The van der Waals surface area contributed by atoms with Gasteiger partial charge in [-0.25, -0.2) is 0 Å². The third-order valence-corrected chi connectivity index (χ3v) is 3.89. The number of thiophene rings is 1. The van der Waals surface area contributed by atoms with Crippen molar-refractivity contribution in [2.45, 2.75) is 6.61 Å². The van der Waals surface area contributed by atoms with E-state index in [0.717, 1.165) is 26.4 Å². The Morgan fingerprint density at radius 1 is 1.14 bits per heavy atom. The second-order valence-electron chi connectivity index (χ2n) is 4.35. The second kappa shape index (κ2) is 6.40. The first-order chi connectivity index (χ1) is 10.4. The fraction of sp³-hybridized carbons (Fsp3) is 0.118. The van der Waals surface area contributed by atoms with Crippen LogP contribution in [0.5, 0.6) is 5.75 Å². The highest BCUT2D eigenvalue weighted by atomic mass is 32.1. The van der Waals surface area contributed by atoms with E-state index < -0.39 is 0 Å². The van der Waals surface area contributed by atoms with Gasteiger partial charge in [-0.1, -0.05) is 30.0 Å². The van der Waals surface area contributed by atoms with Gasteiger partial charge in [0.1, 0.15) is 24.5 Å². The Morgan fingerprint density at radius 3 is 2.95 bits per heavy atom. The van der Waals surface area contributed by atoms with Gasteiger partial charge in [0.15, 0.2) is 0 Å². The van der Waals surface area contributed by atoms with Crippen molar-refractivity contribution in [3.8, 4) is 17.6 Å². The molecule has 0 spiro atoms. The molecule has 0 radical (unpaired) electrons. The van der Waals surface area contributed by atoms with Crippen molar-refractivity contribution in [2.75, 3.05) is 6.61 Å². The molecule has 0 aliphatic rings. The van der Waals surface area contributed by atoms with Crippen molar-refractivity contribution < 1.29 is 9.84 Å². The molecular formula is C17H13NO2S. The smallest absolute Gasteiger partial charge is 0.146 e. The normalized spacial score (nSPS) is 10.1. The molecule has 0 unspecified atom stereocenters. The first kappa shape index (κ1) is 13.6. The van der Waals surface area contributed by atoms with Gasteiger partial charge in [0.05, 0.1) is 4.88 Å². The van der Waals surface area contributed by atoms with Crippen LogP contribution in [0.25, 0.3) is 10.9 Å². The van der Waals surface area contributed by atoms with Gasteiger partial charge in [0, 0.05) is 16.5 Å². The molecule has 104 valence electrons. The third-order valence-electron chi connectivity index (χ3n) is 2.92. The highest BCUT2D eigenvalue weighted by Crippen LogP contribution is 2.25. The Bertz CT molecular complexity index is 809. The number of para-hydroxylation sites is 1. The maximum atomic E-state index is 8.69. The lowest BCUT2D eigenvalue weighted by atomic mass is 10.2. The lowest BCUT2D eigenvalue weighted by Crippen LogP contribution is -1.94. The van der Waals surface area contributed by atoms with E-state index in [1.807, 2.05) is 42.5 Å². The van der Waals surface area contributed by atoms with E-state index in [0.29, 0.717) is 6.61 Å². The molecule has 0 saturated carbocycles. The zero-order valence-electron chi connectivity index (χ0n) is 11.2. The molecule has 0 aliphatic heterocycles. The number of aliphatic hydroxyl groups is 1. The minimum absolute atomic E-state index is 0.120. The third kappa shape index (κ3) is 3.22. The molecular weight excluding hydrogens is 282 g/mol. The lowest BCUT2D eigenvalue weighted by molar-refractivity contribution is 0.313. The lowest BCUT2D eigenvalue weighted by Gasteiger charge is -2.07. The fourth-order valence-electron chi connectivity index (χ4n) is 1.99. The summed E-state index contributed by atoms with van der Waals surface area (Å²) in [4.78, 5) is 6.38. The number of benzene rings is 1. The van der Waals surface area contributed by atoms with Crippen LogP contribution in [0.4, 0.5) is 0 Å². The Hall–Kier alpha value is -2.35. The van der Waals surface area contributed by atoms with Crippen molar-refractivity contribution in [3.05, 3.63) is 58.4 Å². The van der Waals surface area contributed by atoms with Gasteiger partial charge in [0.2, 0.25) is 0 Å². The summed E-state index contributed by atoms with van der Waals surface area (Å²) in [5.74, 6) is 6.32. The zero-order chi connectivity index (χ0) is 14.5. The van der Waals surface area contributed by atoms with Crippen LogP contribution in [0.2, 0.25) is 0 Å². The van der Waals surface area contributed by atoms with E-state index >= 15 is 0 Å². The van der Waals surface area contributed by atoms with Crippen LogP contribution in [0, 0.1) is 11.8 Å². The Labute approximate surface area is 126 Å². The van der Waals surface area contributed by atoms with Crippen molar-refractivity contribution in [3.63, 3.8) is 0 Å². The van der Waals surface area contributed by atoms with Crippen molar-refractivity contribution in [1.82, 2.24) is 4.98 Å². The molecule has 1 aromatic carbocycles. The fourth-order valence-corrected chi connectivity index (χ4v) is 2.79. The molecule has 0 atom stereocenters. The van der Waals surface area contributed by atoms with Crippen molar-refractivity contribution >= 4 is 22.2 Å². The highest BCUT2D eigenvalue weighted by molar-refractivity contribution is 7.12. The topological polar surface area (TPSA) is 42.4 Å². The molecule has 0 fully saturated rings. The van der Waals surface area contributed by atoms with E-state index in [1.54, 1.807) is 17.5 Å². The average molecular weight is 295 g/mol. The summed E-state index contributed by atoms with van der Waals surface area (Å²) in [6.07, 6.45) is 1.77. The molecule has 2 heterocycles. The number of hydrogen-bond donors (Lipinski definition) is 1. The predicted molar refractivity (Wildman–Crippen MR) is 84.4 cm³/mol. The van der Waals surface area contributed by atoms with Crippen LogP contribution < -0.4 is 4.74 Å².